The fraction of sp³-hybridized carbons (Fsp3) is 0. The van der Waals surface area contributed by atoms with Crippen molar-refractivity contribution in [2.75, 3.05) is 0 Å². The fourth-order valence-electron chi connectivity index (χ4n) is 6.34. The van der Waals surface area contributed by atoms with E-state index in [1.807, 2.05) is 24.3 Å². The number of hydrogen-bond donors (Lipinski definition) is 0. The van der Waals surface area contributed by atoms with Crippen LogP contribution in [-0.4, -0.2) is 29.5 Å². The van der Waals surface area contributed by atoms with Gasteiger partial charge < -0.3 is 0 Å². The van der Waals surface area contributed by atoms with Gasteiger partial charge in [-0.3, -0.25) is 0 Å². The summed E-state index contributed by atoms with van der Waals surface area (Å²) in [5.74, 6) is 2.04. The number of benzene rings is 7. The second-order valence-corrected chi connectivity index (χ2v) is 13.4. The van der Waals surface area contributed by atoms with Crippen LogP contribution in [0.2, 0.25) is 0 Å². The van der Waals surface area contributed by atoms with Crippen LogP contribution in [0, 0.1) is 0 Å². The normalized spacial score (nSPS) is 11.6. The minimum atomic E-state index is 0.162. The zero-order chi connectivity index (χ0) is 29.7. The Morgan fingerprint density at radius 3 is 1.67 bits per heavy atom. The second-order valence-electron chi connectivity index (χ2n) is 11.2. The summed E-state index contributed by atoms with van der Waals surface area (Å²) in [6.45, 7) is 0. The third-order valence-electron chi connectivity index (χ3n) is 8.51. The van der Waals surface area contributed by atoms with Gasteiger partial charge in [0, 0.05) is 0 Å². The van der Waals surface area contributed by atoms with Gasteiger partial charge in [0.2, 0.25) is 0 Å². The van der Waals surface area contributed by atoms with Gasteiger partial charge in [0.25, 0.3) is 0 Å². The third-order valence-corrected chi connectivity index (χ3v) is 11.0. The quantitative estimate of drug-likeness (QED) is 0.142. The molecule has 9 rings (SSSR count). The zero-order valence-corrected chi connectivity index (χ0v) is 25.9. The molecule has 0 aliphatic carbocycles. The Kier molecular flexibility index (Phi) is 6.15. The average molecular weight is 639 g/mol. The van der Waals surface area contributed by atoms with E-state index < -0.39 is 0 Å². The maximum absolute atomic E-state index is 5.21. The first-order chi connectivity index (χ1) is 22.3. The molecule has 0 N–H and O–H groups in total. The number of nitrogens with zero attached hydrogens (tertiary/aromatic N) is 3. The first kappa shape index (κ1) is 26.0. The predicted molar refractivity (Wildman–Crippen MR) is 189 cm³/mol. The summed E-state index contributed by atoms with van der Waals surface area (Å²) in [5, 5.41) is 7.66. The van der Waals surface area contributed by atoms with Crippen molar-refractivity contribution in [3.8, 4) is 45.3 Å². The van der Waals surface area contributed by atoms with Gasteiger partial charge in [0.05, 0.1) is 0 Å². The van der Waals surface area contributed by atoms with E-state index in [0.717, 1.165) is 22.3 Å². The molecule has 210 valence electrons. The molecular weight excluding hydrogens is 613 g/mol. The van der Waals surface area contributed by atoms with Gasteiger partial charge in [-0.1, -0.05) is 18.2 Å². The number of aromatic nitrogens is 3. The standard InChI is InChI=1S/C41H25N3Se/c1-3-11-26(12-4-1)27-19-22-30(23-20-27)40-42-39(29-14-5-2-6-15-29)43-41(44-40)34-25-31-24-21-28-13-7-8-16-32(28)36(31)38-37(34)33-17-9-10-18-35(33)45-38/h1-25H. The van der Waals surface area contributed by atoms with Crippen LogP contribution in [0.3, 0.4) is 0 Å². The molecule has 0 saturated heterocycles. The molecule has 0 aliphatic rings. The summed E-state index contributed by atoms with van der Waals surface area (Å²) in [5.41, 5.74) is 5.33. The van der Waals surface area contributed by atoms with Crippen molar-refractivity contribution in [3.63, 3.8) is 0 Å². The Hall–Kier alpha value is -5.41. The van der Waals surface area contributed by atoms with Crippen molar-refractivity contribution in [1.82, 2.24) is 15.0 Å². The minimum Gasteiger partial charge on any atom is -0.0617 e. The fourth-order valence-corrected chi connectivity index (χ4v) is 9.06. The van der Waals surface area contributed by atoms with E-state index in [9.17, 15) is 0 Å². The second kappa shape index (κ2) is 10.6. The minimum absolute atomic E-state index is 0.162. The average Bonchev–Trinajstić information content (AvgIpc) is 3.51. The van der Waals surface area contributed by atoms with Crippen LogP contribution in [0.15, 0.2) is 152 Å². The van der Waals surface area contributed by atoms with E-state index in [4.69, 9.17) is 15.0 Å². The van der Waals surface area contributed by atoms with E-state index in [0.29, 0.717) is 17.5 Å². The van der Waals surface area contributed by atoms with Crippen molar-refractivity contribution in [2.45, 2.75) is 0 Å². The van der Waals surface area contributed by atoms with E-state index in [-0.39, 0.29) is 14.5 Å². The Labute approximate surface area is 266 Å². The maximum atomic E-state index is 5.21. The van der Waals surface area contributed by atoms with Crippen molar-refractivity contribution < 1.29 is 0 Å². The smallest absolute Gasteiger partial charge is 0.0617 e. The summed E-state index contributed by atoms with van der Waals surface area (Å²) < 4.78 is 2.80. The van der Waals surface area contributed by atoms with Crippen LogP contribution in [0.5, 0.6) is 0 Å². The van der Waals surface area contributed by atoms with Crippen molar-refractivity contribution >= 4 is 55.3 Å². The van der Waals surface area contributed by atoms with Gasteiger partial charge in [-0.05, 0) is 0 Å². The van der Waals surface area contributed by atoms with Crippen LogP contribution >= 0.6 is 0 Å². The van der Waals surface area contributed by atoms with Crippen LogP contribution < -0.4 is 0 Å². The molecule has 0 radical (unpaired) electrons. The van der Waals surface area contributed by atoms with Crippen LogP contribution in [-0.2, 0) is 0 Å². The Morgan fingerprint density at radius 1 is 0.378 bits per heavy atom. The Morgan fingerprint density at radius 2 is 0.911 bits per heavy atom. The van der Waals surface area contributed by atoms with Crippen molar-refractivity contribution in [3.05, 3.63) is 152 Å². The molecule has 0 atom stereocenters. The van der Waals surface area contributed by atoms with Gasteiger partial charge in [-0.25, -0.2) is 0 Å². The molecule has 0 unspecified atom stereocenters. The summed E-state index contributed by atoms with van der Waals surface area (Å²) >= 11 is 0.162. The van der Waals surface area contributed by atoms with Gasteiger partial charge in [-0.2, -0.15) is 0 Å². The van der Waals surface area contributed by atoms with E-state index in [2.05, 4.69) is 127 Å². The van der Waals surface area contributed by atoms with Crippen LogP contribution in [0.4, 0.5) is 0 Å². The monoisotopic (exact) mass is 639 g/mol. The molecular formula is C41H25N3Se. The van der Waals surface area contributed by atoms with Gasteiger partial charge >= 0.3 is 249 Å². The Bertz CT molecular complexity index is 2520. The molecule has 0 amide bonds. The molecule has 45 heavy (non-hydrogen) atoms. The molecule has 0 saturated carbocycles. The topological polar surface area (TPSA) is 38.7 Å². The summed E-state index contributed by atoms with van der Waals surface area (Å²) in [4.78, 5) is 15.4. The zero-order valence-electron chi connectivity index (χ0n) is 24.2. The van der Waals surface area contributed by atoms with E-state index in [1.165, 1.54) is 46.4 Å². The third kappa shape index (κ3) is 4.46. The molecule has 0 fully saturated rings. The first-order valence-electron chi connectivity index (χ1n) is 15.0. The van der Waals surface area contributed by atoms with Gasteiger partial charge in [0.15, 0.2) is 0 Å². The summed E-state index contributed by atoms with van der Waals surface area (Å²) in [7, 11) is 0. The molecule has 4 heteroatoms. The van der Waals surface area contributed by atoms with Crippen LogP contribution in [0.1, 0.15) is 0 Å². The molecule has 0 aliphatic heterocycles. The summed E-state index contributed by atoms with van der Waals surface area (Å²) in [6.07, 6.45) is 0. The molecule has 2 aromatic heterocycles. The number of rotatable bonds is 4. The molecule has 9 aromatic rings. The molecule has 7 aromatic carbocycles. The SMILES string of the molecule is c1ccc(-c2ccc(-c3nc(-c4ccccc4)nc(-c4cc5ccc6ccccc6c5c5[se]c6ccccc6c45)n3)cc2)cc1. The van der Waals surface area contributed by atoms with Crippen molar-refractivity contribution in [1.29, 1.82) is 0 Å². The van der Waals surface area contributed by atoms with E-state index >= 15 is 0 Å². The van der Waals surface area contributed by atoms with Gasteiger partial charge in [-0.15, -0.1) is 0 Å². The van der Waals surface area contributed by atoms with E-state index in [1.54, 1.807) is 0 Å². The predicted octanol–water partition coefficient (Wildman–Crippen LogP) is 10.2. The van der Waals surface area contributed by atoms with Crippen molar-refractivity contribution in [2.24, 2.45) is 0 Å². The molecule has 3 nitrogen and oxygen atoms in total. The van der Waals surface area contributed by atoms with Gasteiger partial charge in [0.1, 0.15) is 0 Å². The molecule has 0 bridgehead atoms. The first-order valence-corrected chi connectivity index (χ1v) is 16.7. The molecule has 0 spiro atoms. The molecule has 2 heterocycles. The Balaban J connectivity index is 1.33. The number of fused-ring (bicyclic) bond motifs is 7. The summed E-state index contributed by atoms with van der Waals surface area (Å²) in [6, 6.07) is 53.5. The number of hydrogen-bond acceptors (Lipinski definition) is 3. The van der Waals surface area contributed by atoms with Crippen LogP contribution in [0.25, 0.3) is 86.1 Å².